The van der Waals surface area contributed by atoms with Crippen molar-refractivity contribution in [1.82, 2.24) is 15.0 Å². The summed E-state index contributed by atoms with van der Waals surface area (Å²) in [5.74, 6) is 0.467. The number of benzene rings is 1. The Hall–Kier alpha value is -2.34. The minimum atomic E-state index is -1.51. The van der Waals surface area contributed by atoms with Crippen LogP contribution in [-0.4, -0.2) is 25.8 Å². The van der Waals surface area contributed by atoms with Gasteiger partial charge in [-0.2, -0.15) is 4.98 Å². The highest BCUT2D eigenvalue weighted by Crippen LogP contribution is 2.23. The number of rotatable bonds is 4. The molecule has 0 fully saturated rings. The number of pyridine rings is 1. The van der Waals surface area contributed by atoms with E-state index < -0.39 is 10.8 Å². The molecule has 0 radical (unpaired) electrons. The van der Waals surface area contributed by atoms with Crippen LogP contribution in [-0.2, 0) is 10.8 Å². The smallest absolute Gasteiger partial charge is 0.226 e. The van der Waals surface area contributed by atoms with E-state index in [4.69, 9.17) is 4.74 Å². The van der Waals surface area contributed by atoms with Gasteiger partial charge >= 0.3 is 0 Å². The zero-order chi connectivity index (χ0) is 15.5. The first-order valence-corrected chi connectivity index (χ1v) is 8.07. The normalized spacial score (nSPS) is 12.3. The van der Waals surface area contributed by atoms with Crippen LogP contribution in [0.25, 0.3) is 10.9 Å². The Morgan fingerprint density at radius 2 is 2.00 bits per heavy atom. The number of aryl methyl sites for hydroxylation is 1. The van der Waals surface area contributed by atoms with Crippen LogP contribution in [0.4, 0.5) is 0 Å². The topological polar surface area (TPSA) is 65.0 Å². The minimum absolute atomic E-state index is 0.229. The van der Waals surface area contributed by atoms with E-state index in [0.29, 0.717) is 22.9 Å². The van der Waals surface area contributed by atoms with E-state index in [2.05, 4.69) is 15.0 Å². The Balaban J connectivity index is 2.08. The maximum atomic E-state index is 12.8. The lowest BCUT2D eigenvalue weighted by molar-refractivity contribution is 0.320. The number of hydrogen-bond donors (Lipinski definition) is 0. The molecular formula is C16H15N3O2S. The standard InChI is InChI=1S/C16H15N3O2S/c1-3-21-15-11(2)10-18-16(19-15)22(20)13-8-4-6-12-7-5-9-17-14(12)13/h4-10H,3H2,1-2H3. The predicted molar refractivity (Wildman–Crippen MR) is 84.4 cm³/mol. The van der Waals surface area contributed by atoms with Crippen molar-refractivity contribution in [3.63, 3.8) is 0 Å². The summed E-state index contributed by atoms with van der Waals surface area (Å²) in [5, 5.41) is 1.16. The van der Waals surface area contributed by atoms with Crippen molar-refractivity contribution in [1.29, 1.82) is 0 Å². The van der Waals surface area contributed by atoms with Crippen molar-refractivity contribution in [3.8, 4) is 5.88 Å². The molecule has 1 unspecified atom stereocenters. The van der Waals surface area contributed by atoms with Gasteiger partial charge in [0.05, 0.1) is 17.0 Å². The SMILES string of the molecule is CCOc1nc(S(=O)c2cccc3cccnc23)ncc1C. The summed E-state index contributed by atoms with van der Waals surface area (Å²) in [4.78, 5) is 13.4. The molecule has 2 heterocycles. The molecule has 5 nitrogen and oxygen atoms in total. The minimum Gasteiger partial charge on any atom is -0.478 e. The molecule has 1 aromatic carbocycles. The molecule has 2 aromatic heterocycles. The molecule has 0 spiro atoms. The zero-order valence-electron chi connectivity index (χ0n) is 12.3. The average Bonchev–Trinajstić information content (AvgIpc) is 2.56. The van der Waals surface area contributed by atoms with Crippen LogP contribution in [0.2, 0.25) is 0 Å². The van der Waals surface area contributed by atoms with Gasteiger partial charge in [-0.3, -0.25) is 4.98 Å². The molecule has 0 saturated carbocycles. The monoisotopic (exact) mass is 313 g/mol. The van der Waals surface area contributed by atoms with Crippen LogP contribution in [0.3, 0.4) is 0 Å². The Kier molecular flexibility index (Phi) is 4.11. The van der Waals surface area contributed by atoms with Crippen LogP contribution in [0.1, 0.15) is 12.5 Å². The fourth-order valence-electron chi connectivity index (χ4n) is 2.11. The number of nitrogens with zero attached hydrogens (tertiary/aromatic N) is 3. The van der Waals surface area contributed by atoms with Crippen LogP contribution in [0.15, 0.2) is 52.8 Å². The fraction of sp³-hybridized carbons (Fsp3) is 0.188. The van der Waals surface area contributed by atoms with Gasteiger partial charge in [0.1, 0.15) is 10.8 Å². The van der Waals surface area contributed by atoms with E-state index in [9.17, 15) is 4.21 Å². The molecule has 0 bridgehead atoms. The van der Waals surface area contributed by atoms with Gasteiger partial charge in [0, 0.05) is 23.3 Å². The van der Waals surface area contributed by atoms with Crippen LogP contribution < -0.4 is 4.74 Å². The highest BCUT2D eigenvalue weighted by molar-refractivity contribution is 7.85. The molecule has 112 valence electrons. The number of aromatic nitrogens is 3. The second-order valence-electron chi connectivity index (χ2n) is 4.67. The van der Waals surface area contributed by atoms with E-state index in [1.807, 2.05) is 38.1 Å². The van der Waals surface area contributed by atoms with Gasteiger partial charge in [0.15, 0.2) is 0 Å². The number of para-hydroxylation sites is 1. The number of ether oxygens (including phenoxy) is 1. The van der Waals surface area contributed by atoms with Gasteiger partial charge < -0.3 is 4.74 Å². The van der Waals surface area contributed by atoms with Gasteiger partial charge in [-0.15, -0.1) is 0 Å². The van der Waals surface area contributed by atoms with Crippen molar-refractivity contribution in [2.45, 2.75) is 23.9 Å². The van der Waals surface area contributed by atoms with Gasteiger partial charge in [0.2, 0.25) is 11.0 Å². The quantitative estimate of drug-likeness (QED) is 0.693. The van der Waals surface area contributed by atoms with E-state index in [1.54, 1.807) is 18.5 Å². The summed E-state index contributed by atoms with van der Waals surface area (Å²) in [6.07, 6.45) is 3.31. The van der Waals surface area contributed by atoms with E-state index in [1.165, 1.54) is 0 Å². The second-order valence-corrected chi connectivity index (χ2v) is 6.02. The van der Waals surface area contributed by atoms with E-state index in [0.717, 1.165) is 10.9 Å². The lowest BCUT2D eigenvalue weighted by atomic mass is 10.2. The van der Waals surface area contributed by atoms with E-state index in [-0.39, 0.29) is 5.16 Å². The summed E-state index contributed by atoms with van der Waals surface area (Å²) < 4.78 is 18.3. The molecule has 3 rings (SSSR count). The van der Waals surface area contributed by atoms with E-state index >= 15 is 0 Å². The molecule has 0 amide bonds. The van der Waals surface area contributed by atoms with Crippen molar-refractivity contribution in [2.24, 2.45) is 0 Å². The first kappa shape index (κ1) is 14.6. The summed E-state index contributed by atoms with van der Waals surface area (Å²) >= 11 is 0. The number of hydrogen-bond acceptors (Lipinski definition) is 5. The van der Waals surface area contributed by atoms with Gasteiger partial charge in [0.25, 0.3) is 0 Å². The molecule has 0 saturated heterocycles. The zero-order valence-corrected chi connectivity index (χ0v) is 13.1. The van der Waals surface area contributed by atoms with Gasteiger partial charge in [-0.05, 0) is 26.0 Å². The maximum Gasteiger partial charge on any atom is 0.226 e. The molecule has 0 aliphatic rings. The third-order valence-electron chi connectivity index (χ3n) is 3.15. The van der Waals surface area contributed by atoms with Crippen molar-refractivity contribution in [2.75, 3.05) is 6.61 Å². The van der Waals surface area contributed by atoms with Crippen molar-refractivity contribution >= 4 is 21.7 Å². The average molecular weight is 313 g/mol. The Morgan fingerprint density at radius 3 is 2.82 bits per heavy atom. The molecule has 0 aliphatic carbocycles. The molecular weight excluding hydrogens is 298 g/mol. The molecule has 22 heavy (non-hydrogen) atoms. The number of fused-ring (bicyclic) bond motifs is 1. The fourth-order valence-corrected chi connectivity index (χ4v) is 3.17. The predicted octanol–water partition coefficient (Wildman–Crippen LogP) is 2.90. The second kappa shape index (κ2) is 6.19. The molecule has 3 aromatic rings. The van der Waals surface area contributed by atoms with Gasteiger partial charge in [-0.1, -0.05) is 18.2 Å². The maximum absolute atomic E-state index is 12.8. The van der Waals surface area contributed by atoms with Crippen molar-refractivity contribution in [3.05, 3.63) is 48.3 Å². The molecule has 0 aliphatic heterocycles. The van der Waals surface area contributed by atoms with Crippen molar-refractivity contribution < 1.29 is 8.95 Å². The summed E-state index contributed by atoms with van der Waals surface area (Å²) in [5.41, 5.74) is 1.52. The third kappa shape index (κ3) is 2.69. The highest BCUT2D eigenvalue weighted by Gasteiger charge is 2.16. The Bertz CT molecular complexity index is 846. The lowest BCUT2D eigenvalue weighted by Crippen LogP contribution is -2.05. The first-order chi connectivity index (χ1) is 10.7. The molecule has 6 heteroatoms. The largest absolute Gasteiger partial charge is 0.478 e. The van der Waals surface area contributed by atoms with Crippen LogP contribution >= 0.6 is 0 Å². The Labute approximate surface area is 130 Å². The lowest BCUT2D eigenvalue weighted by Gasteiger charge is -2.08. The summed E-state index contributed by atoms with van der Waals surface area (Å²) in [6, 6.07) is 9.36. The van der Waals surface area contributed by atoms with Crippen LogP contribution in [0.5, 0.6) is 5.88 Å². The molecule has 0 N–H and O–H groups in total. The highest BCUT2D eigenvalue weighted by atomic mass is 32.2. The summed E-state index contributed by atoms with van der Waals surface area (Å²) in [7, 11) is -1.51. The Morgan fingerprint density at radius 1 is 1.18 bits per heavy atom. The first-order valence-electron chi connectivity index (χ1n) is 6.92. The van der Waals surface area contributed by atoms with Crippen LogP contribution in [0, 0.1) is 6.92 Å². The van der Waals surface area contributed by atoms with Gasteiger partial charge in [-0.25, -0.2) is 9.19 Å². The molecule has 1 atom stereocenters. The summed E-state index contributed by atoms with van der Waals surface area (Å²) in [6.45, 7) is 4.24. The third-order valence-corrected chi connectivity index (χ3v) is 4.40.